The SMILES string of the molecule is CCNc1ccc(-n2cncn2)nc1. The molecule has 2 heterocycles. The summed E-state index contributed by atoms with van der Waals surface area (Å²) in [5.41, 5.74) is 1.01. The predicted molar refractivity (Wildman–Crippen MR) is 53.3 cm³/mol. The van der Waals surface area contributed by atoms with Crippen LogP contribution in [0.25, 0.3) is 5.82 Å². The lowest BCUT2D eigenvalue weighted by Gasteiger charge is -2.03. The van der Waals surface area contributed by atoms with Gasteiger partial charge in [0, 0.05) is 6.54 Å². The zero-order valence-corrected chi connectivity index (χ0v) is 7.88. The summed E-state index contributed by atoms with van der Waals surface area (Å²) in [7, 11) is 0. The van der Waals surface area contributed by atoms with E-state index in [0.29, 0.717) is 0 Å². The Morgan fingerprint density at radius 1 is 1.43 bits per heavy atom. The Labute approximate surface area is 81.8 Å². The largest absolute Gasteiger partial charge is 0.384 e. The van der Waals surface area contributed by atoms with E-state index in [-0.39, 0.29) is 0 Å². The summed E-state index contributed by atoms with van der Waals surface area (Å²) in [6.45, 7) is 2.94. The van der Waals surface area contributed by atoms with Crippen molar-refractivity contribution in [3.05, 3.63) is 31.0 Å². The highest BCUT2D eigenvalue weighted by molar-refractivity contribution is 5.43. The van der Waals surface area contributed by atoms with E-state index in [4.69, 9.17) is 0 Å². The Balaban J connectivity index is 2.22. The van der Waals surface area contributed by atoms with Gasteiger partial charge in [-0.3, -0.25) is 0 Å². The van der Waals surface area contributed by atoms with Crippen molar-refractivity contribution in [2.75, 3.05) is 11.9 Å². The molecule has 5 heteroatoms. The van der Waals surface area contributed by atoms with Crippen molar-refractivity contribution < 1.29 is 0 Å². The number of nitrogens with zero attached hydrogens (tertiary/aromatic N) is 4. The highest BCUT2D eigenvalue weighted by Gasteiger charge is 1.97. The second kappa shape index (κ2) is 3.87. The molecule has 0 aromatic carbocycles. The van der Waals surface area contributed by atoms with Crippen molar-refractivity contribution in [1.29, 1.82) is 0 Å². The van der Waals surface area contributed by atoms with E-state index < -0.39 is 0 Å². The van der Waals surface area contributed by atoms with Crippen LogP contribution in [0.1, 0.15) is 6.92 Å². The molecule has 0 bridgehead atoms. The first-order valence-corrected chi connectivity index (χ1v) is 4.45. The topological polar surface area (TPSA) is 55.6 Å². The van der Waals surface area contributed by atoms with Gasteiger partial charge < -0.3 is 5.32 Å². The fraction of sp³-hybridized carbons (Fsp3) is 0.222. The molecule has 1 N–H and O–H groups in total. The molecule has 0 amide bonds. The maximum absolute atomic E-state index is 4.24. The minimum Gasteiger partial charge on any atom is -0.384 e. The van der Waals surface area contributed by atoms with E-state index in [1.807, 2.05) is 19.1 Å². The Morgan fingerprint density at radius 3 is 2.93 bits per heavy atom. The molecule has 2 aromatic heterocycles. The standard InChI is InChI=1S/C9H11N5/c1-2-11-8-3-4-9(12-5-8)14-7-10-6-13-14/h3-7,11H,2H2,1H3. The van der Waals surface area contributed by atoms with Crippen LogP contribution in [0.15, 0.2) is 31.0 Å². The average Bonchev–Trinajstić information content (AvgIpc) is 2.72. The van der Waals surface area contributed by atoms with Gasteiger partial charge in [0.15, 0.2) is 5.82 Å². The van der Waals surface area contributed by atoms with Gasteiger partial charge in [-0.1, -0.05) is 0 Å². The number of rotatable bonds is 3. The van der Waals surface area contributed by atoms with Gasteiger partial charge >= 0.3 is 0 Å². The lowest BCUT2D eigenvalue weighted by Crippen LogP contribution is -2.00. The molecule has 0 aliphatic heterocycles. The molecule has 0 atom stereocenters. The summed E-state index contributed by atoms with van der Waals surface area (Å²) >= 11 is 0. The molecule has 0 saturated carbocycles. The van der Waals surface area contributed by atoms with Gasteiger partial charge in [0.2, 0.25) is 0 Å². The molecule has 14 heavy (non-hydrogen) atoms. The average molecular weight is 189 g/mol. The molecule has 2 rings (SSSR count). The van der Waals surface area contributed by atoms with E-state index in [2.05, 4.69) is 20.4 Å². The first-order valence-electron chi connectivity index (χ1n) is 4.45. The quantitative estimate of drug-likeness (QED) is 0.785. The second-order valence-electron chi connectivity index (χ2n) is 2.78. The fourth-order valence-electron chi connectivity index (χ4n) is 1.16. The zero-order valence-electron chi connectivity index (χ0n) is 7.88. The Kier molecular flexibility index (Phi) is 2.40. The molecule has 0 aliphatic rings. The third-order valence-corrected chi connectivity index (χ3v) is 1.78. The van der Waals surface area contributed by atoms with Crippen molar-refractivity contribution in [1.82, 2.24) is 19.7 Å². The van der Waals surface area contributed by atoms with E-state index >= 15 is 0 Å². The number of aromatic nitrogens is 4. The van der Waals surface area contributed by atoms with Gasteiger partial charge in [0.25, 0.3) is 0 Å². The number of anilines is 1. The van der Waals surface area contributed by atoms with Crippen LogP contribution in [0.3, 0.4) is 0 Å². The summed E-state index contributed by atoms with van der Waals surface area (Å²) in [6.07, 6.45) is 4.88. The lowest BCUT2D eigenvalue weighted by atomic mass is 10.4. The Bertz CT molecular complexity index is 378. The first kappa shape index (κ1) is 8.68. The summed E-state index contributed by atoms with van der Waals surface area (Å²) in [4.78, 5) is 8.09. The summed E-state index contributed by atoms with van der Waals surface area (Å²) in [6, 6.07) is 3.86. The predicted octanol–water partition coefficient (Wildman–Crippen LogP) is 1.09. The van der Waals surface area contributed by atoms with Gasteiger partial charge in [0.05, 0.1) is 11.9 Å². The molecular formula is C9H11N5. The molecule has 0 aliphatic carbocycles. The summed E-state index contributed by atoms with van der Waals surface area (Å²) in [5.74, 6) is 0.768. The minimum atomic E-state index is 0.768. The molecule has 0 unspecified atom stereocenters. The normalized spacial score (nSPS) is 10.1. The van der Waals surface area contributed by atoms with Gasteiger partial charge in [-0.05, 0) is 19.1 Å². The van der Waals surface area contributed by atoms with Crippen LogP contribution in [0.2, 0.25) is 0 Å². The molecule has 5 nitrogen and oxygen atoms in total. The summed E-state index contributed by atoms with van der Waals surface area (Å²) < 4.78 is 1.62. The van der Waals surface area contributed by atoms with E-state index in [0.717, 1.165) is 18.1 Å². The van der Waals surface area contributed by atoms with Crippen molar-refractivity contribution in [2.24, 2.45) is 0 Å². The van der Waals surface area contributed by atoms with Crippen molar-refractivity contribution >= 4 is 5.69 Å². The van der Waals surface area contributed by atoms with Crippen molar-refractivity contribution in [3.8, 4) is 5.82 Å². The fourth-order valence-corrected chi connectivity index (χ4v) is 1.16. The molecule has 0 radical (unpaired) electrons. The van der Waals surface area contributed by atoms with Crippen molar-refractivity contribution in [3.63, 3.8) is 0 Å². The van der Waals surface area contributed by atoms with Crippen LogP contribution in [-0.4, -0.2) is 26.3 Å². The van der Waals surface area contributed by atoms with E-state index in [9.17, 15) is 0 Å². The monoisotopic (exact) mass is 189 g/mol. The molecule has 2 aromatic rings. The zero-order chi connectivity index (χ0) is 9.80. The molecule has 0 fully saturated rings. The maximum Gasteiger partial charge on any atom is 0.155 e. The first-order chi connectivity index (χ1) is 6.90. The highest BCUT2D eigenvalue weighted by atomic mass is 15.3. The van der Waals surface area contributed by atoms with Crippen LogP contribution in [0.5, 0.6) is 0 Å². The third kappa shape index (κ3) is 1.71. The minimum absolute atomic E-state index is 0.768. The summed E-state index contributed by atoms with van der Waals surface area (Å²) in [5, 5.41) is 7.16. The van der Waals surface area contributed by atoms with Gasteiger partial charge in [-0.25, -0.2) is 14.6 Å². The Hall–Kier alpha value is -1.91. The highest BCUT2D eigenvalue weighted by Crippen LogP contribution is 2.07. The van der Waals surface area contributed by atoms with Gasteiger partial charge in [0.1, 0.15) is 12.7 Å². The smallest absolute Gasteiger partial charge is 0.155 e. The second-order valence-corrected chi connectivity index (χ2v) is 2.78. The molecule has 0 spiro atoms. The molecule has 0 saturated heterocycles. The van der Waals surface area contributed by atoms with Gasteiger partial charge in [-0.2, -0.15) is 5.10 Å². The third-order valence-electron chi connectivity index (χ3n) is 1.78. The molecule has 72 valence electrons. The van der Waals surface area contributed by atoms with Crippen LogP contribution in [0.4, 0.5) is 5.69 Å². The van der Waals surface area contributed by atoms with E-state index in [1.165, 1.54) is 6.33 Å². The lowest BCUT2D eigenvalue weighted by molar-refractivity contribution is 0.845. The number of hydrogen-bond acceptors (Lipinski definition) is 4. The molecular weight excluding hydrogens is 178 g/mol. The van der Waals surface area contributed by atoms with E-state index in [1.54, 1.807) is 17.2 Å². The van der Waals surface area contributed by atoms with Crippen LogP contribution in [0, 0.1) is 0 Å². The number of pyridine rings is 1. The van der Waals surface area contributed by atoms with Crippen LogP contribution in [-0.2, 0) is 0 Å². The number of hydrogen-bond donors (Lipinski definition) is 1. The van der Waals surface area contributed by atoms with Crippen LogP contribution < -0.4 is 5.32 Å². The maximum atomic E-state index is 4.24. The van der Waals surface area contributed by atoms with Crippen LogP contribution >= 0.6 is 0 Å². The Morgan fingerprint density at radius 2 is 2.36 bits per heavy atom. The van der Waals surface area contributed by atoms with Gasteiger partial charge in [-0.15, -0.1) is 0 Å². The van der Waals surface area contributed by atoms with Crippen molar-refractivity contribution in [2.45, 2.75) is 6.92 Å². The number of nitrogens with one attached hydrogen (secondary N) is 1.